The van der Waals surface area contributed by atoms with E-state index in [4.69, 9.17) is 9.72 Å². The summed E-state index contributed by atoms with van der Waals surface area (Å²) < 4.78 is 9.09. The van der Waals surface area contributed by atoms with E-state index in [1.807, 2.05) is 12.3 Å². The van der Waals surface area contributed by atoms with Crippen LogP contribution in [0.1, 0.15) is 72.1 Å². The Labute approximate surface area is 410 Å². The summed E-state index contributed by atoms with van der Waals surface area (Å²) in [6.45, 7) is 20.3. The molecule has 0 spiro atoms. The van der Waals surface area contributed by atoms with Gasteiger partial charge in [-0.1, -0.05) is 176 Å². The summed E-state index contributed by atoms with van der Waals surface area (Å²) in [5, 5.41) is 2.22. The molecule has 0 saturated carbocycles. The van der Waals surface area contributed by atoms with Gasteiger partial charge < -0.3 is 19.1 Å². The van der Waals surface area contributed by atoms with Gasteiger partial charge in [-0.3, -0.25) is 0 Å². The van der Waals surface area contributed by atoms with E-state index in [9.17, 15) is 0 Å². The summed E-state index contributed by atoms with van der Waals surface area (Å²) in [5.74, 6) is 2.04. The molecule has 9 aromatic rings. The van der Waals surface area contributed by atoms with E-state index in [1.54, 1.807) is 0 Å². The zero-order valence-corrected chi connectivity index (χ0v) is 41.7. The van der Waals surface area contributed by atoms with Crippen molar-refractivity contribution >= 4 is 33.2 Å². The Hall–Kier alpha value is -6.68. The molecule has 2 aromatic heterocycles. The molecule has 3 heterocycles. The van der Waals surface area contributed by atoms with Crippen molar-refractivity contribution in [1.82, 2.24) is 9.55 Å². The quantitative estimate of drug-likeness (QED) is 0.135. The second kappa shape index (κ2) is 17.8. The van der Waals surface area contributed by atoms with E-state index >= 15 is 0 Å². The number of benzene rings is 7. The number of hydrogen-bond acceptors (Lipinski definition) is 4. The Morgan fingerprint density at radius 2 is 1.16 bits per heavy atom. The third kappa shape index (κ3) is 8.98. The molecule has 6 heteroatoms. The minimum absolute atomic E-state index is 0. The predicted octanol–water partition coefficient (Wildman–Crippen LogP) is 15.9. The molecule has 0 unspecified atom stereocenters. The Bertz CT molecular complexity index is 3250. The standard InChI is InChI=1S/C61H55N4O.Pt/c1-59(2,3)47-30-31-62-58(37-47)65-55-27-19-18-26-53(55)54-29-28-51(39-56(54)65)66-52-35-45(43-22-14-10-15-23-43)34-50(38-52)64-41-63(40-57(64)60(4,5)6)49-33-44(42-20-12-9-13-21-42)32-48(36-49)61(7,8)46-24-16-11-17-25-46;/h9-37,40-41H,1-8H3;/q-3;. The SMILES string of the molecule is CC(C)(C)C1=CN(c2cc(-c3ccccc3)cc(C(C)(C)c3ccccc3)c2)[CH-]N1c1[c-]c(Oc2[c-]c3c(cc2)c2ccccc2n3-c2cc(C(C)(C)C)ccn2)cc(-c2ccccc2)c1.[Pt]. The fraction of sp³-hybridized carbons (Fsp3) is 0.180. The van der Waals surface area contributed by atoms with Gasteiger partial charge in [-0.2, -0.15) is 6.07 Å². The van der Waals surface area contributed by atoms with Crippen molar-refractivity contribution in [2.24, 2.45) is 5.41 Å². The Morgan fingerprint density at radius 1 is 0.522 bits per heavy atom. The molecule has 1 aliphatic heterocycles. The fourth-order valence-corrected chi connectivity index (χ4v) is 9.05. The zero-order chi connectivity index (χ0) is 45.8. The molecule has 0 aliphatic carbocycles. The summed E-state index contributed by atoms with van der Waals surface area (Å²) >= 11 is 0. The normalized spacial score (nSPS) is 13.2. The first-order valence-corrected chi connectivity index (χ1v) is 22.9. The first-order valence-electron chi connectivity index (χ1n) is 22.9. The van der Waals surface area contributed by atoms with Gasteiger partial charge in [0, 0.05) is 66.5 Å². The summed E-state index contributed by atoms with van der Waals surface area (Å²) in [6.07, 6.45) is 4.18. The predicted molar refractivity (Wildman–Crippen MR) is 274 cm³/mol. The summed E-state index contributed by atoms with van der Waals surface area (Å²) in [4.78, 5) is 9.43. The average Bonchev–Trinajstić information content (AvgIpc) is 3.93. The number of hydrogen-bond donors (Lipinski definition) is 0. The van der Waals surface area contributed by atoms with Gasteiger partial charge in [-0.25, -0.2) is 4.98 Å². The largest absolute Gasteiger partial charge is 0.509 e. The van der Waals surface area contributed by atoms with Crippen LogP contribution in [0.4, 0.5) is 11.4 Å². The molecule has 0 saturated heterocycles. The molecular weight excluding hydrogens is 1000 g/mol. The molecule has 0 amide bonds. The van der Waals surface area contributed by atoms with Crippen LogP contribution in [0.3, 0.4) is 0 Å². The Morgan fingerprint density at radius 3 is 1.84 bits per heavy atom. The molecule has 0 N–H and O–H groups in total. The molecule has 0 fully saturated rings. The van der Waals surface area contributed by atoms with Gasteiger partial charge in [0.25, 0.3) is 0 Å². The fourth-order valence-electron chi connectivity index (χ4n) is 9.05. The molecule has 67 heavy (non-hydrogen) atoms. The van der Waals surface area contributed by atoms with Crippen LogP contribution in [0.15, 0.2) is 188 Å². The van der Waals surface area contributed by atoms with E-state index in [2.05, 4.69) is 259 Å². The molecule has 10 rings (SSSR count). The van der Waals surface area contributed by atoms with Crippen molar-refractivity contribution in [2.45, 2.75) is 66.2 Å². The van der Waals surface area contributed by atoms with Crippen LogP contribution in [0.2, 0.25) is 0 Å². The monoisotopic (exact) mass is 1050 g/mol. The van der Waals surface area contributed by atoms with E-state index in [0.717, 1.165) is 55.8 Å². The van der Waals surface area contributed by atoms with Crippen LogP contribution in [-0.2, 0) is 31.9 Å². The van der Waals surface area contributed by atoms with E-state index in [0.29, 0.717) is 11.5 Å². The number of ether oxygens (including phenoxy) is 1. The Balaban J connectivity index is 0.00000562. The van der Waals surface area contributed by atoms with Gasteiger partial charge in [0.1, 0.15) is 5.82 Å². The number of rotatable bonds is 9. The van der Waals surface area contributed by atoms with E-state index in [-0.39, 0.29) is 37.3 Å². The van der Waals surface area contributed by atoms with Crippen molar-refractivity contribution in [3.63, 3.8) is 0 Å². The van der Waals surface area contributed by atoms with Crippen molar-refractivity contribution in [1.29, 1.82) is 0 Å². The van der Waals surface area contributed by atoms with Crippen LogP contribution in [-0.4, -0.2) is 9.55 Å². The van der Waals surface area contributed by atoms with Gasteiger partial charge in [0.2, 0.25) is 0 Å². The maximum Gasteiger partial charge on any atom is 0.135 e. The number of fused-ring (bicyclic) bond motifs is 3. The molecular formula is C61H55N4OPt-3. The van der Waals surface area contributed by atoms with Gasteiger partial charge in [0.05, 0.1) is 0 Å². The molecule has 1 aliphatic rings. The zero-order valence-electron chi connectivity index (χ0n) is 39.4. The van der Waals surface area contributed by atoms with E-state index in [1.165, 1.54) is 27.8 Å². The topological polar surface area (TPSA) is 33.5 Å². The second-order valence-electron chi connectivity index (χ2n) is 20.0. The smallest absolute Gasteiger partial charge is 0.135 e. The first-order chi connectivity index (χ1) is 31.7. The van der Waals surface area contributed by atoms with Crippen LogP contribution in [0.5, 0.6) is 11.5 Å². The van der Waals surface area contributed by atoms with Crippen molar-refractivity contribution < 1.29 is 25.8 Å². The minimum atomic E-state index is -0.248. The van der Waals surface area contributed by atoms with Crippen molar-refractivity contribution in [3.8, 4) is 39.6 Å². The third-order valence-corrected chi connectivity index (χ3v) is 12.9. The molecule has 0 bridgehead atoms. The summed E-state index contributed by atoms with van der Waals surface area (Å²) in [7, 11) is 0. The molecule has 338 valence electrons. The molecule has 0 atom stereocenters. The number of nitrogens with zero attached hydrogens (tertiary/aromatic N) is 4. The maximum absolute atomic E-state index is 6.89. The number of pyridine rings is 1. The van der Waals surface area contributed by atoms with Gasteiger partial charge in [-0.05, 0) is 80.7 Å². The summed E-state index contributed by atoms with van der Waals surface area (Å²) in [6, 6.07) is 67.6. The first kappa shape index (κ1) is 45.5. The van der Waals surface area contributed by atoms with Crippen LogP contribution in [0.25, 0.3) is 49.9 Å². The van der Waals surface area contributed by atoms with Crippen LogP contribution < -0.4 is 14.5 Å². The minimum Gasteiger partial charge on any atom is -0.509 e. The molecule has 7 aromatic carbocycles. The maximum atomic E-state index is 6.89. The molecule has 0 radical (unpaired) electrons. The van der Waals surface area contributed by atoms with Crippen molar-refractivity contribution in [2.75, 3.05) is 9.80 Å². The third-order valence-electron chi connectivity index (χ3n) is 12.9. The number of aromatic nitrogens is 2. The molecule has 5 nitrogen and oxygen atoms in total. The number of para-hydroxylation sites is 1. The number of allylic oxidation sites excluding steroid dienone is 1. The number of anilines is 2. The van der Waals surface area contributed by atoms with Gasteiger partial charge in [-0.15, -0.1) is 53.6 Å². The summed E-state index contributed by atoms with van der Waals surface area (Å²) in [5.41, 5.74) is 12.7. The van der Waals surface area contributed by atoms with Gasteiger partial charge >= 0.3 is 0 Å². The van der Waals surface area contributed by atoms with Gasteiger partial charge in [0.15, 0.2) is 0 Å². The second-order valence-corrected chi connectivity index (χ2v) is 20.0. The average molecular weight is 1060 g/mol. The van der Waals surface area contributed by atoms with Crippen LogP contribution in [0, 0.1) is 24.2 Å². The Kier molecular flexibility index (Phi) is 12.1. The van der Waals surface area contributed by atoms with Crippen molar-refractivity contribution in [3.05, 3.63) is 223 Å². The van der Waals surface area contributed by atoms with E-state index < -0.39 is 0 Å². The van der Waals surface area contributed by atoms with Crippen LogP contribution >= 0.6 is 0 Å².